The SMILES string of the molecule is COc1cccc2c1CC[C@H]1CN(CCN3C(=O)[NH2+]c4c(sc5ccc([N+](=O)[O-])cc45)C3=O)C[C@@H]21.[Cl-]. The van der Waals surface area contributed by atoms with Crippen LogP contribution in [0.25, 0.3) is 10.1 Å². The van der Waals surface area contributed by atoms with E-state index in [1.807, 2.05) is 6.07 Å². The minimum atomic E-state index is -0.468. The van der Waals surface area contributed by atoms with Gasteiger partial charge in [0.2, 0.25) is 0 Å². The van der Waals surface area contributed by atoms with E-state index in [2.05, 4.69) is 17.0 Å². The largest absolute Gasteiger partial charge is 1.00 e. The number of quaternary nitrogens is 1. The quantitative estimate of drug-likeness (QED) is 0.376. The van der Waals surface area contributed by atoms with Crippen LogP contribution >= 0.6 is 11.3 Å². The van der Waals surface area contributed by atoms with Crippen LogP contribution in [0.15, 0.2) is 36.4 Å². The molecule has 2 aromatic carbocycles. The molecule has 3 heterocycles. The van der Waals surface area contributed by atoms with Gasteiger partial charge in [-0.2, -0.15) is 0 Å². The van der Waals surface area contributed by atoms with Crippen LogP contribution in [0.4, 0.5) is 16.2 Å². The van der Waals surface area contributed by atoms with Crippen molar-refractivity contribution in [3.63, 3.8) is 0 Å². The number of imide groups is 1. The number of fused-ring (bicyclic) bond motifs is 6. The third kappa shape index (κ3) is 3.94. The van der Waals surface area contributed by atoms with Crippen LogP contribution in [0.2, 0.25) is 0 Å². The molecule has 1 fully saturated rings. The minimum Gasteiger partial charge on any atom is -1.00 e. The van der Waals surface area contributed by atoms with E-state index in [9.17, 15) is 19.7 Å². The van der Waals surface area contributed by atoms with Gasteiger partial charge in [0.1, 0.15) is 5.75 Å². The maximum Gasteiger partial charge on any atom is 0.428 e. The summed E-state index contributed by atoms with van der Waals surface area (Å²) in [6, 6.07) is 10.4. The number of ether oxygens (including phenoxy) is 1. The van der Waals surface area contributed by atoms with Crippen molar-refractivity contribution in [2.45, 2.75) is 18.8 Å². The van der Waals surface area contributed by atoms with E-state index in [1.165, 1.54) is 44.8 Å². The second kappa shape index (κ2) is 9.44. The Balaban J connectivity index is 0.00000267. The Bertz CT molecular complexity index is 1390. The van der Waals surface area contributed by atoms with E-state index in [4.69, 9.17) is 4.74 Å². The summed E-state index contributed by atoms with van der Waals surface area (Å²) < 4.78 is 6.34. The van der Waals surface area contributed by atoms with Crippen LogP contribution in [0.5, 0.6) is 5.75 Å². The van der Waals surface area contributed by atoms with Gasteiger partial charge in [-0.15, -0.1) is 11.3 Å². The van der Waals surface area contributed by atoms with Crippen molar-refractivity contribution >= 4 is 44.7 Å². The highest BCUT2D eigenvalue weighted by atomic mass is 35.5. The number of non-ortho nitro benzene ring substituents is 1. The van der Waals surface area contributed by atoms with Crippen LogP contribution in [0.3, 0.4) is 0 Å². The van der Waals surface area contributed by atoms with E-state index < -0.39 is 4.92 Å². The van der Waals surface area contributed by atoms with Crippen LogP contribution in [0, 0.1) is 16.0 Å². The second-order valence-electron chi connectivity index (χ2n) is 9.41. The number of likely N-dealkylation sites (tertiary alicyclic amines) is 1. The Hall–Kier alpha value is -3.05. The Morgan fingerprint density at radius 3 is 2.81 bits per heavy atom. The average Bonchev–Trinajstić information content (AvgIpc) is 3.44. The fourth-order valence-corrected chi connectivity index (χ4v) is 7.02. The van der Waals surface area contributed by atoms with Gasteiger partial charge >= 0.3 is 6.03 Å². The number of halogens is 1. The van der Waals surface area contributed by atoms with E-state index >= 15 is 0 Å². The second-order valence-corrected chi connectivity index (χ2v) is 10.5. The number of hydrogen-bond donors (Lipinski definition) is 1. The highest BCUT2D eigenvalue weighted by molar-refractivity contribution is 7.21. The number of nitrogens with zero attached hydrogens (tertiary/aromatic N) is 3. The van der Waals surface area contributed by atoms with Gasteiger partial charge in [-0.1, -0.05) is 12.1 Å². The third-order valence-corrected chi connectivity index (χ3v) is 8.78. The lowest BCUT2D eigenvalue weighted by Crippen LogP contribution is -3.00. The number of amides is 3. The Morgan fingerprint density at radius 2 is 2.03 bits per heavy atom. The molecule has 36 heavy (non-hydrogen) atoms. The Morgan fingerprint density at radius 1 is 1.19 bits per heavy atom. The fraction of sp³-hybridized carbons (Fsp3) is 0.360. The predicted octanol–water partition coefficient (Wildman–Crippen LogP) is 0.255. The number of urea groups is 1. The van der Waals surface area contributed by atoms with Gasteiger partial charge in [0.15, 0.2) is 10.6 Å². The molecule has 11 heteroatoms. The number of thiophene rings is 1. The summed E-state index contributed by atoms with van der Waals surface area (Å²) in [5.41, 5.74) is 3.12. The maximum absolute atomic E-state index is 13.2. The van der Waals surface area contributed by atoms with E-state index in [0.717, 1.165) is 36.4 Å². The summed E-state index contributed by atoms with van der Waals surface area (Å²) in [4.78, 5) is 41.0. The zero-order valence-electron chi connectivity index (χ0n) is 19.6. The number of nitro groups is 1. The summed E-state index contributed by atoms with van der Waals surface area (Å²) in [6.45, 7) is 2.82. The van der Waals surface area contributed by atoms with Crippen molar-refractivity contribution < 1.29 is 37.0 Å². The molecule has 0 bridgehead atoms. The van der Waals surface area contributed by atoms with Crippen molar-refractivity contribution in [1.29, 1.82) is 0 Å². The van der Waals surface area contributed by atoms with E-state index in [-0.39, 0.29) is 30.0 Å². The molecule has 3 amide bonds. The molecule has 2 atom stereocenters. The lowest BCUT2D eigenvalue weighted by atomic mass is 9.77. The van der Waals surface area contributed by atoms with Crippen molar-refractivity contribution in [2.24, 2.45) is 5.92 Å². The molecular formula is C25H25ClN4O5S. The predicted molar refractivity (Wildman–Crippen MR) is 130 cm³/mol. The van der Waals surface area contributed by atoms with Gasteiger partial charge < -0.3 is 22.0 Å². The lowest BCUT2D eigenvalue weighted by molar-refractivity contribution is -0.471. The first kappa shape index (κ1) is 24.6. The van der Waals surface area contributed by atoms with Crippen LogP contribution in [-0.2, 0) is 6.42 Å². The summed E-state index contributed by atoms with van der Waals surface area (Å²) in [5, 5.41) is 13.2. The van der Waals surface area contributed by atoms with Crippen LogP contribution < -0.4 is 22.5 Å². The number of hydrogen-bond acceptors (Lipinski definition) is 7. The molecule has 2 N–H and O–H groups in total. The van der Waals surface area contributed by atoms with Crippen molar-refractivity contribution in [2.75, 3.05) is 33.3 Å². The molecule has 0 saturated carbocycles. The standard InChI is InChI=1S/C25H24N4O5S.ClH/c1-34-20-4-2-3-16-17(20)7-5-14-12-27(13-19(14)16)9-10-28-24(30)23-22(26-25(28)31)18-11-15(29(32)33)6-8-21(18)35-23;/h2-4,6,8,11,14,19H,5,7,9-10,12-13H2,1H3,(H,26,31);1H/t14-,19+;/m0./s1. The molecule has 1 saturated heterocycles. The maximum atomic E-state index is 13.2. The normalized spacial score (nSPS) is 21.1. The molecule has 1 aromatic heterocycles. The molecule has 0 radical (unpaired) electrons. The van der Waals surface area contributed by atoms with E-state index in [1.54, 1.807) is 13.2 Å². The summed E-state index contributed by atoms with van der Waals surface area (Å²) in [5.74, 6) is 1.66. The number of carbonyl (C=O) groups excluding carboxylic acids is 2. The highest BCUT2D eigenvalue weighted by Gasteiger charge is 2.41. The van der Waals surface area contributed by atoms with Gasteiger partial charge in [0, 0.05) is 48.9 Å². The molecule has 3 aromatic rings. The fourth-order valence-electron chi connectivity index (χ4n) is 5.90. The molecule has 9 nitrogen and oxygen atoms in total. The van der Waals surface area contributed by atoms with Gasteiger partial charge in [-0.05, 0) is 42.0 Å². The van der Waals surface area contributed by atoms with Crippen molar-refractivity contribution in [3.05, 3.63) is 62.5 Å². The first-order valence-electron chi connectivity index (χ1n) is 11.7. The first-order valence-corrected chi connectivity index (χ1v) is 12.6. The van der Waals surface area contributed by atoms with Crippen LogP contribution in [-0.4, -0.2) is 60.0 Å². The molecule has 188 valence electrons. The third-order valence-electron chi connectivity index (χ3n) is 7.60. The van der Waals surface area contributed by atoms with E-state index in [0.29, 0.717) is 40.9 Å². The lowest BCUT2D eigenvalue weighted by Gasteiger charge is -2.28. The number of nitro benzene ring substituents is 1. The van der Waals surface area contributed by atoms with Crippen molar-refractivity contribution in [1.82, 2.24) is 9.80 Å². The number of rotatable bonds is 5. The zero-order chi connectivity index (χ0) is 24.3. The van der Waals surface area contributed by atoms with Gasteiger partial charge in [0.25, 0.3) is 11.6 Å². The smallest absolute Gasteiger partial charge is 0.428 e. The minimum absolute atomic E-state index is 0. The average molecular weight is 529 g/mol. The first-order chi connectivity index (χ1) is 16.9. The number of primary amides is 1. The van der Waals surface area contributed by atoms with Crippen molar-refractivity contribution in [3.8, 4) is 5.75 Å². The van der Waals surface area contributed by atoms with Gasteiger partial charge in [-0.25, -0.2) is 15.0 Å². The summed E-state index contributed by atoms with van der Waals surface area (Å²) in [7, 11) is 1.72. The molecule has 6 rings (SSSR count). The van der Waals surface area contributed by atoms with Gasteiger partial charge in [0.05, 0.1) is 17.4 Å². The number of benzene rings is 2. The molecule has 0 unspecified atom stereocenters. The topological polar surface area (TPSA) is 110 Å². The zero-order valence-corrected chi connectivity index (χ0v) is 21.2. The Kier molecular flexibility index (Phi) is 6.46. The Labute approximate surface area is 217 Å². The summed E-state index contributed by atoms with van der Waals surface area (Å²) >= 11 is 1.28. The molecule has 2 aliphatic heterocycles. The summed E-state index contributed by atoms with van der Waals surface area (Å²) in [6.07, 6.45) is 2.13. The van der Waals surface area contributed by atoms with Gasteiger partial charge in [-0.3, -0.25) is 14.9 Å². The molecule has 1 aliphatic carbocycles. The number of methoxy groups -OCH3 is 1. The number of carbonyl (C=O) groups is 2. The molecule has 0 spiro atoms. The van der Waals surface area contributed by atoms with Crippen LogP contribution in [0.1, 0.15) is 33.1 Å². The number of nitrogens with two attached hydrogens (primary N) is 1. The monoisotopic (exact) mass is 528 g/mol. The molecular weight excluding hydrogens is 504 g/mol. The molecule has 3 aliphatic rings. The highest BCUT2D eigenvalue weighted by Crippen LogP contribution is 2.44.